The van der Waals surface area contributed by atoms with Crippen molar-refractivity contribution in [3.8, 4) is 0 Å². The fourth-order valence-corrected chi connectivity index (χ4v) is 5.03. The lowest BCUT2D eigenvalue weighted by atomic mass is 9.71. The van der Waals surface area contributed by atoms with E-state index in [2.05, 4.69) is 54.5 Å². The molecule has 0 saturated carbocycles. The minimum atomic E-state index is -0.330. The number of benzene rings is 2. The summed E-state index contributed by atoms with van der Waals surface area (Å²) in [6, 6.07) is 20.9. The van der Waals surface area contributed by atoms with Crippen molar-refractivity contribution in [1.29, 1.82) is 0 Å². The van der Waals surface area contributed by atoms with Gasteiger partial charge in [0.15, 0.2) is 5.69 Å². The van der Waals surface area contributed by atoms with Crippen molar-refractivity contribution in [2.45, 2.75) is 32.1 Å². The third-order valence-electron chi connectivity index (χ3n) is 6.75. The lowest BCUT2D eigenvalue weighted by Crippen LogP contribution is -2.49. The molecule has 3 heterocycles. The highest BCUT2D eigenvalue weighted by Crippen LogP contribution is 2.40. The van der Waals surface area contributed by atoms with Crippen LogP contribution in [-0.2, 0) is 12.5 Å². The minimum Gasteiger partial charge on any atom is -0.336 e. The molecule has 32 heavy (non-hydrogen) atoms. The molecule has 5 rings (SSSR count). The van der Waals surface area contributed by atoms with Gasteiger partial charge in [0.1, 0.15) is 0 Å². The fourth-order valence-electron chi connectivity index (χ4n) is 5.03. The zero-order valence-corrected chi connectivity index (χ0v) is 18.9. The zero-order valence-electron chi connectivity index (χ0n) is 18.9. The summed E-state index contributed by atoms with van der Waals surface area (Å²) in [5.74, 6) is -0.00619. The second-order valence-corrected chi connectivity index (χ2v) is 8.99. The summed E-state index contributed by atoms with van der Waals surface area (Å²) >= 11 is 0. The summed E-state index contributed by atoms with van der Waals surface area (Å²) < 4.78 is 1.80. The molecule has 2 aromatic heterocycles. The molecule has 1 aliphatic rings. The van der Waals surface area contributed by atoms with Crippen molar-refractivity contribution < 1.29 is 4.79 Å². The largest absolute Gasteiger partial charge is 0.336 e. The van der Waals surface area contributed by atoms with Crippen LogP contribution in [0.15, 0.2) is 66.9 Å². The number of aromatic nitrogens is 3. The fraction of sp³-hybridized carbons (Fsp3) is 0.296. The van der Waals surface area contributed by atoms with E-state index in [-0.39, 0.29) is 11.3 Å². The van der Waals surface area contributed by atoms with Crippen molar-refractivity contribution in [1.82, 2.24) is 19.7 Å². The molecule has 1 aliphatic heterocycles. The van der Waals surface area contributed by atoms with E-state index in [0.717, 1.165) is 41.5 Å². The molecule has 1 saturated heterocycles. The Labute approximate surface area is 188 Å². The van der Waals surface area contributed by atoms with Crippen LogP contribution in [-0.4, -0.2) is 38.7 Å². The number of hydrogen-bond acceptors (Lipinski definition) is 3. The maximum atomic E-state index is 13.8. The first-order chi connectivity index (χ1) is 15.5. The molecule has 1 atom stereocenters. The number of rotatable bonds is 3. The van der Waals surface area contributed by atoms with E-state index in [1.807, 2.05) is 43.3 Å². The van der Waals surface area contributed by atoms with E-state index in [1.165, 1.54) is 11.1 Å². The maximum absolute atomic E-state index is 13.8. The quantitative estimate of drug-likeness (QED) is 0.474. The van der Waals surface area contributed by atoms with Gasteiger partial charge in [0, 0.05) is 31.7 Å². The van der Waals surface area contributed by atoms with Gasteiger partial charge in [0.25, 0.3) is 5.91 Å². The van der Waals surface area contributed by atoms with E-state index in [4.69, 9.17) is 4.98 Å². The van der Waals surface area contributed by atoms with E-state index in [0.29, 0.717) is 12.2 Å². The van der Waals surface area contributed by atoms with Crippen LogP contribution in [0.4, 0.5) is 0 Å². The monoisotopic (exact) mass is 424 g/mol. The van der Waals surface area contributed by atoms with Crippen LogP contribution < -0.4 is 0 Å². The van der Waals surface area contributed by atoms with Crippen LogP contribution in [0.5, 0.6) is 0 Å². The minimum absolute atomic E-state index is 0.00619. The summed E-state index contributed by atoms with van der Waals surface area (Å²) in [4.78, 5) is 20.5. The molecule has 0 radical (unpaired) electrons. The molecule has 5 heteroatoms. The average Bonchev–Trinajstić information content (AvgIpc) is 3.15. The van der Waals surface area contributed by atoms with Crippen LogP contribution in [0.25, 0.3) is 10.9 Å². The molecule has 0 spiro atoms. The Morgan fingerprint density at radius 3 is 2.53 bits per heavy atom. The Bertz CT molecular complexity index is 1280. The molecule has 0 bridgehead atoms. The highest BCUT2D eigenvalue weighted by molar-refractivity contribution is 6.05. The molecule has 5 nitrogen and oxygen atoms in total. The Hall–Kier alpha value is -3.47. The highest BCUT2D eigenvalue weighted by Gasteiger charge is 2.42. The molecule has 2 aromatic carbocycles. The van der Waals surface area contributed by atoms with Crippen LogP contribution in [0.1, 0.15) is 45.7 Å². The Morgan fingerprint density at radius 1 is 1.00 bits per heavy atom. The third kappa shape index (κ3) is 3.38. The van der Waals surface area contributed by atoms with Crippen LogP contribution >= 0.6 is 0 Å². The Balaban J connectivity index is 1.58. The van der Waals surface area contributed by atoms with Crippen LogP contribution in [0.2, 0.25) is 0 Å². The summed E-state index contributed by atoms with van der Waals surface area (Å²) in [5, 5.41) is 5.54. The average molecular weight is 425 g/mol. The van der Waals surface area contributed by atoms with Gasteiger partial charge >= 0.3 is 0 Å². The van der Waals surface area contributed by atoms with Gasteiger partial charge in [-0.3, -0.25) is 14.5 Å². The predicted octanol–water partition coefficient (Wildman–Crippen LogP) is 4.81. The number of amides is 1. The van der Waals surface area contributed by atoms with Gasteiger partial charge in [-0.05, 0) is 56.5 Å². The van der Waals surface area contributed by atoms with Gasteiger partial charge in [-0.1, -0.05) is 47.5 Å². The number of hydrogen-bond donors (Lipinski definition) is 0. The van der Waals surface area contributed by atoms with Crippen molar-refractivity contribution in [2.75, 3.05) is 13.1 Å². The van der Waals surface area contributed by atoms with Gasteiger partial charge in [-0.15, -0.1) is 0 Å². The first-order valence-electron chi connectivity index (χ1n) is 11.2. The highest BCUT2D eigenvalue weighted by atomic mass is 16.2. The number of carbonyl (C=O) groups is 1. The number of piperidine rings is 1. The first kappa shape index (κ1) is 20.4. The molecule has 4 aromatic rings. The number of carbonyl (C=O) groups excluding carboxylic acids is 1. The molecule has 0 unspecified atom stereocenters. The van der Waals surface area contributed by atoms with Crippen molar-refractivity contribution in [3.63, 3.8) is 0 Å². The zero-order chi connectivity index (χ0) is 22.3. The first-order valence-corrected chi connectivity index (χ1v) is 11.2. The molecule has 1 amide bonds. The Kier molecular flexibility index (Phi) is 5.04. The SMILES string of the molecule is Cc1ccc([C@@]2(c3ccccn3)CCCN(C(=O)c3nn(C)c4ccc(C)cc34)C2)cc1. The smallest absolute Gasteiger partial charge is 0.275 e. The van der Waals surface area contributed by atoms with Gasteiger partial charge in [-0.25, -0.2) is 0 Å². The topological polar surface area (TPSA) is 51.0 Å². The molecule has 0 aliphatic carbocycles. The van der Waals surface area contributed by atoms with Crippen molar-refractivity contribution in [2.24, 2.45) is 7.05 Å². The summed E-state index contributed by atoms with van der Waals surface area (Å²) in [7, 11) is 1.90. The number of aryl methyl sites for hydroxylation is 3. The lowest BCUT2D eigenvalue weighted by Gasteiger charge is -2.43. The molecule has 1 fully saturated rings. The van der Waals surface area contributed by atoms with Gasteiger partial charge < -0.3 is 4.90 Å². The van der Waals surface area contributed by atoms with Gasteiger partial charge in [0.05, 0.1) is 16.6 Å². The normalized spacial score (nSPS) is 18.8. The van der Waals surface area contributed by atoms with Crippen LogP contribution in [0, 0.1) is 13.8 Å². The number of pyridine rings is 1. The molecule has 0 N–H and O–H groups in total. The van der Waals surface area contributed by atoms with E-state index < -0.39 is 0 Å². The van der Waals surface area contributed by atoms with E-state index >= 15 is 0 Å². The number of likely N-dealkylation sites (tertiary alicyclic amines) is 1. The van der Waals surface area contributed by atoms with Gasteiger partial charge in [-0.2, -0.15) is 5.10 Å². The second-order valence-electron chi connectivity index (χ2n) is 8.99. The van der Waals surface area contributed by atoms with E-state index in [1.54, 1.807) is 4.68 Å². The lowest BCUT2D eigenvalue weighted by molar-refractivity contribution is 0.0659. The maximum Gasteiger partial charge on any atom is 0.275 e. The third-order valence-corrected chi connectivity index (χ3v) is 6.75. The standard InChI is InChI=1S/C27H28N4O/c1-19-8-11-21(12-9-19)27(24-7-4-5-15-28-24)14-6-16-31(18-27)26(32)25-22-17-20(2)10-13-23(22)30(3)29-25/h4-5,7-13,15,17H,6,14,16,18H2,1-3H3/t27-/m1/s1. The summed E-state index contributed by atoms with van der Waals surface area (Å²) in [6.07, 6.45) is 3.72. The second kappa shape index (κ2) is 7.90. The van der Waals surface area contributed by atoms with Gasteiger partial charge in [0.2, 0.25) is 0 Å². The Morgan fingerprint density at radius 2 is 1.78 bits per heavy atom. The summed E-state index contributed by atoms with van der Waals surface area (Å²) in [6.45, 7) is 5.46. The number of nitrogens with zero attached hydrogens (tertiary/aromatic N) is 4. The molecule has 162 valence electrons. The van der Waals surface area contributed by atoms with Crippen molar-refractivity contribution in [3.05, 3.63) is 94.9 Å². The molecular formula is C27H28N4O. The van der Waals surface area contributed by atoms with Crippen molar-refractivity contribution >= 4 is 16.8 Å². The molecular weight excluding hydrogens is 396 g/mol. The predicted molar refractivity (Wildman–Crippen MR) is 127 cm³/mol. The summed E-state index contributed by atoms with van der Waals surface area (Å²) in [5.41, 5.74) is 5.76. The number of fused-ring (bicyclic) bond motifs is 1. The van der Waals surface area contributed by atoms with E-state index in [9.17, 15) is 4.79 Å². The van der Waals surface area contributed by atoms with Crippen LogP contribution in [0.3, 0.4) is 0 Å².